The minimum atomic E-state index is -0.232. The van der Waals surface area contributed by atoms with E-state index >= 15 is 0 Å². The molecule has 0 saturated heterocycles. The van der Waals surface area contributed by atoms with Gasteiger partial charge in [0, 0.05) is 19.1 Å². The van der Waals surface area contributed by atoms with E-state index in [1.165, 1.54) is 6.21 Å². The molecular weight excluding hydrogens is 118 g/mol. The Balaban J connectivity index is 3.38. The maximum Gasteiger partial charge on any atom is 0.245 e. The van der Waals surface area contributed by atoms with Gasteiger partial charge in [-0.05, 0) is 6.92 Å². The normalized spacial score (nSPS) is 9.89. The van der Waals surface area contributed by atoms with Crippen LogP contribution in [-0.2, 0) is 9.59 Å². The number of carbonyl (C=O) groups excluding carboxylic acids is 2. The molecule has 1 amide bonds. The lowest BCUT2D eigenvalue weighted by atomic mass is 10.3. The third-order valence-electron chi connectivity index (χ3n) is 0.749. The van der Waals surface area contributed by atoms with Crippen LogP contribution in [0.3, 0.4) is 0 Å². The second-order valence-corrected chi connectivity index (χ2v) is 1.49. The van der Waals surface area contributed by atoms with E-state index in [4.69, 9.17) is 0 Å². The second kappa shape index (κ2) is 5.15. The molecule has 0 radical (unpaired) electrons. The highest BCUT2D eigenvalue weighted by molar-refractivity contribution is 5.85. The zero-order chi connectivity index (χ0) is 7.11. The maximum atomic E-state index is 10.4. The molecular formula is C6H9NO2. The molecule has 3 heteroatoms. The van der Waals surface area contributed by atoms with E-state index in [1.54, 1.807) is 6.92 Å². The van der Waals surface area contributed by atoms with E-state index < -0.39 is 0 Å². The van der Waals surface area contributed by atoms with E-state index in [9.17, 15) is 9.59 Å². The summed E-state index contributed by atoms with van der Waals surface area (Å²) in [5, 5.41) is 0. The van der Waals surface area contributed by atoms with Crippen molar-refractivity contribution in [2.45, 2.75) is 19.8 Å². The molecule has 0 N–H and O–H groups in total. The van der Waals surface area contributed by atoms with Crippen LogP contribution in [0.4, 0.5) is 0 Å². The predicted octanol–water partition coefficient (Wildman–Crippen LogP) is 0.583. The highest BCUT2D eigenvalue weighted by Gasteiger charge is 1.93. The number of nitrogens with zero attached hydrogens (tertiary/aromatic N) is 1. The van der Waals surface area contributed by atoms with Gasteiger partial charge in [-0.2, -0.15) is 0 Å². The topological polar surface area (TPSA) is 46.5 Å². The summed E-state index contributed by atoms with van der Waals surface area (Å²) >= 11 is 0. The van der Waals surface area contributed by atoms with Crippen LogP contribution in [0.15, 0.2) is 4.99 Å². The van der Waals surface area contributed by atoms with E-state index in [0.29, 0.717) is 6.29 Å². The van der Waals surface area contributed by atoms with Crippen molar-refractivity contribution in [3.8, 4) is 0 Å². The summed E-state index contributed by atoms with van der Waals surface area (Å²) in [7, 11) is 0. The first-order valence-corrected chi connectivity index (χ1v) is 2.76. The van der Waals surface area contributed by atoms with E-state index in [-0.39, 0.29) is 18.7 Å². The van der Waals surface area contributed by atoms with Crippen LogP contribution in [0, 0.1) is 0 Å². The van der Waals surface area contributed by atoms with Crippen LogP contribution in [-0.4, -0.2) is 18.4 Å². The first-order chi connectivity index (χ1) is 4.31. The third-order valence-corrected chi connectivity index (χ3v) is 0.749. The summed E-state index contributed by atoms with van der Waals surface area (Å²) in [6, 6.07) is 0. The van der Waals surface area contributed by atoms with Crippen LogP contribution in [0.2, 0.25) is 0 Å². The Morgan fingerprint density at radius 1 is 1.67 bits per heavy atom. The van der Waals surface area contributed by atoms with Crippen molar-refractivity contribution in [3.63, 3.8) is 0 Å². The Hall–Kier alpha value is -0.990. The van der Waals surface area contributed by atoms with Crippen LogP contribution >= 0.6 is 0 Å². The number of carbonyl (C=O) groups is 2. The van der Waals surface area contributed by atoms with Gasteiger partial charge < -0.3 is 4.79 Å². The molecule has 0 aromatic rings. The lowest BCUT2D eigenvalue weighted by Gasteiger charge is -1.83. The number of amides is 1. The minimum Gasteiger partial charge on any atom is -0.303 e. The van der Waals surface area contributed by atoms with Gasteiger partial charge in [-0.15, -0.1) is 0 Å². The highest BCUT2D eigenvalue weighted by Crippen LogP contribution is 1.86. The first-order valence-electron chi connectivity index (χ1n) is 2.76. The molecule has 0 heterocycles. The fraction of sp³-hybridized carbons (Fsp3) is 0.500. The fourth-order valence-electron chi connectivity index (χ4n) is 0.391. The molecule has 0 aromatic heterocycles. The van der Waals surface area contributed by atoms with Gasteiger partial charge in [-0.3, -0.25) is 4.79 Å². The fourth-order valence-corrected chi connectivity index (χ4v) is 0.391. The van der Waals surface area contributed by atoms with Gasteiger partial charge in [-0.25, -0.2) is 4.99 Å². The Labute approximate surface area is 53.8 Å². The zero-order valence-corrected chi connectivity index (χ0v) is 5.33. The molecule has 0 unspecified atom stereocenters. The zero-order valence-electron chi connectivity index (χ0n) is 5.33. The van der Waals surface area contributed by atoms with Crippen LogP contribution < -0.4 is 0 Å². The van der Waals surface area contributed by atoms with Crippen molar-refractivity contribution in [2.75, 3.05) is 0 Å². The molecule has 0 atom stereocenters. The lowest BCUT2D eigenvalue weighted by molar-refractivity contribution is -0.119. The standard InChI is InChI=1S/C6H9NO2/c1-2-7-6(9)4-3-5-8/h2,5H,3-4H2,1H3. The predicted molar refractivity (Wildman–Crippen MR) is 34.5 cm³/mol. The van der Waals surface area contributed by atoms with Gasteiger partial charge >= 0.3 is 0 Å². The van der Waals surface area contributed by atoms with Crippen molar-refractivity contribution in [1.29, 1.82) is 0 Å². The molecule has 0 fully saturated rings. The number of hydrogen-bond acceptors (Lipinski definition) is 2. The Bertz CT molecular complexity index is 129. The molecule has 0 rings (SSSR count). The van der Waals surface area contributed by atoms with Gasteiger partial charge in [0.2, 0.25) is 5.91 Å². The largest absolute Gasteiger partial charge is 0.303 e. The molecule has 0 aliphatic carbocycles. The lowest BCUT2D eigenvalue weighted by Crippen LogP contribution is -1.92. The summed E-state index contributed by atoms with van der Waals surface area (Å²) in [5.41, 5.74) is 0. The number of rotatable bonds is 3. The maximum absolute atomic E-state index is 10.4. The third kappa shape index (κ3) is 4.87. The van der Waals surface area contributed by atoms with E-state index in [1.807, 2.05) is 0 Å². The summed E-state index contributed by atoms with van der Waals surface area (Å²) in [4.78, 5) is 23.6. The summed E-state index contributed by atoms with van der Waals surface area (Å²) in [6.07, 6.45) is 2.64. The average molecular weight is 127 g/mol. The van der Waals surface area contributed by atoms with Crippen molar-refractivity contribution < 1.29 is 9.59 Å². The molecule has 0 saturated carbocycles. The molecule has 50 valence electrons. The van der Waals surface area contributed by atoms with Gasteiger partial charge in [-0.1, -0.05) is 0 Å². The van der Waals surface area contributed by atoms with Crippen LogP contribution in [0.5, 0.6) is 0 Å². The van der Waals surface area contributed by atoms with E-state index in [2.05, 4.69) is 4.99 Å². The molecule has 0 spiro atoms. The minimum absolute atomic E-state index is 0.230. The Kier molecular flexibility index (Phi) is 4.59. The quantitative estimate of drug-likeness (QED) is 0.411. The van der Waals surface area contributed by atoms with E-state index in [0.717, 1.165) is 0 Å². The molecule has 0 aliphatic heterocycles. The van der Waals surface area contributed by atoms with Gasteiger partial charge in [0.05, 0.1) is 0 Å². The Morgan fingerprint density at radius 3 is 2.78 bits per heavy atom. The summed E-state index contributed by atoms with van der Waals surface area (Å²) in [6.45, 7) is 1.67. The first kappa shape index (κ1) is 8.01. The average Bonchev–Trinajstić information content (AvgIpc) is 1.85. The van der Waals surface area contributed by atoms with Crippen LogP contribution in [0.25, 0.3) is 0 Å². The molecule has 3 nitrogen and oxygen atoms in total. The summed E-state index contributed by atoms with van der Waals surface area (Å²) in [5.74, 6) is -0.232. The summed E-state index contributed by atoms with van der Waals surface area (Å²) < 4.78 is 0. The van der Waals surface area contributed by atoms with Crippen molar-refractivity contribution in [2.24, 2.45) is 4.99 Å². The highest BCUT2D eigenvalue weighted by atomic mass is 16.1. The van der Waals surface area contributed by atoms with Gasteiger partial charge in [0.1, 0.15) is 6.29 Å². The number of aldehydes is 1. The molecule has 0 aromatic carbocycles. The second-order valence-electron chi connectivity index (χ2n) is 1.49. The number of hydrogen-bond donors (Lipinski definition) is 0. The van der Waals surface area contributed by atoms with Crippen LogP contribution in [0.1, 0.15) is 19.8 Å². The molecule has 0 bridgehead atoms. The molecule has 0 aliphatic rings. The molecule has 9 heavy (non-hydrogen) atoms. The monoisotopic (exact) mass is 127 g/mol. The van der Waals surface area contributed by atoms with Crippen molar-refractivity contribution in [1.82, 2.24) is 0 Å². The smallest absolute Gasteiger partial charge is 0.245 e. The van der Waals surface area contributed by atoms with Crippen molar-refractivity contribution in [3.05, 3.63) is 0 Å². The van der Waals surface area contributed by atoms with Gasteiger partial charge in [0.25, 0.3) is 0 Å². The SMILES string of the molecule is CC=NC(=O)CCC=O. The Morgan fingerprint density at radius 2 is 2.33 bits per heavy atom. The number of aliphatic imine (C=N–C) groups is 1. The van der Waals surface area contributed by atoms with Gasteiger partial charge in [0.15, 0.2) is 0 Å². The van der Waals surface area contributed by atoms with Crippen molar-refractivity contribution >= 4 is 18.4 Å².